The third-order valence-electron chi connectivity index (χ3n) is 9.17. The maximum absolute atomic E-state index is 14.0. The van der Waals surface area contributed by atoms with Crippen molar-refractivity contribution in [3.63, 3.8) is 0 Å². The molecule has 5 aromatic carbocycles. The second-order valence-electron chi connectivity index (χ2n) is 12.4. The first kappa shape index (κ1) is 33.7. The summed E-state index contributed by atoms with van der Waals surface area (Å²) in [5, 5.41) is 93.3. The molecule has 15 nitrogen and oxygen atoms in total. The average Bonchev–Trinajstić information content (AvgIpc) is 3.22. The van der Waals surface area contributed by atoms with E-state index in [0.717, 1.165) is 30.3 Å². The van der Waals surface area contributed by atoms with Crippen LogP contribution < -0.4 is 14.9 Å². The second-order valence-corrected chi connectivity index (χ2v) is 12.4. The van der Waals surface area contributed by atoms with Crippen molar-refractivity contribution in [3.05, 3.63) is 98.7 Å². The fourth-order valence-corrected chi connectivity index (χ4v) is 6.65. The highest BCUT2D eigenvalue weighted by Gasteiger charge is 2.38. The summed E-state index contributed by atoms with van der Waals surface area (Å²) in [7, 11) is 1.36. The Hall–Kier alpha value is -6.74. The molecule has 0 spiro atoms. The zero-order valence-electron chi connectivity index (χ0n) is 27.0. The molecule has 0 unspecified atom stereocenters. The third kappa shape index (κ3) is 5.72. The number of phenols is 8. The van der Waals surface area contributed by atoms with Gasteiger partial charge in [-0.3, -0.25) is 4.79 Å². The number of ether oxygens (including phenoxy) is 4. The minimum absolute atomic E-state index is 0.0303. The molecule has 0 aliphatic carbocycles. The lowest BCUT2D eigenvalue weighted by Gasteiger charge is -2.34. The van der Waals surface area contributed by atoms with Gasteiger partial charge >= 0.3 is 5.97 Å². The summed E-state index contributed by atoms with van der Waals surface area (Å²) < 4.78 is 23.7. The fourth-order valence-electron chi connectivity index (χ4n) is 6.65. The number of hydrogen-bond acceptors (Lipinski definition) is 15. The Morgan fingerprint density at radius 2 is 1.27 bits per heavy atom. The summed E-state index contributed by atoms with van der Waals surface area (Å²) in [6, 6.07) is 11.4. The number of methoxy groups -OCH3 is 1. The fraction of sp³-hybridized carbons (Fsp3) is 0.189. The van der Waals surface area contributed by atoms with Gasteiger partial charge in [-0.05, 0) is 29.7 Å². The Bertz CT molecular complexity index is 2350. The molecule has 7 rings (SSSR count). The summed E-state index contributed by atoms with van der Waals surface area (Å²) in [5.74, 6) is -5.88. The first-order valence-corrected chi connectivity index (χ1v) is 15.7. The Kier molecular flexibility index (Phi) is 8.14. The minimum atomic E-state index is -1.26. The highest BCUT2D eigenvalue weighted by Crippen LogP contribution is 2.48. The van der Waals surface area contributed by atoms with Gasteiger partial charge in [-0.25, -0.2) is 4.79 Å². The normalized spacial score (nSPS) is 19.2. The van der Waals surface area contributed by atoms with E-state index in [1.165, 1.54) is 37.4 Å². The molecule has 0 bridgehead atoms. The molecule has 9 N–H and O–H groups in total. The molecule has 15 heteroatoms. The Morgan fingerprint density at radius 1 is 0.654 bits per heavy atom. The van der Waals surface area contributed by atoms with Crippen LogP contribution in [-0.2, 0) is 22.3 Å². The molecule has 5 aromatic rings. The van der Waals surface area contributed by atoms with Gasteiger partial charge in [-0.2, -0.15) is 0 Å². The van der Waals surface area contributed by atoms with Gasteiger partial charge in [-0.1, -0.05) is 6.07 Å². The third-order valence-corrected chi connectivity index (χ3v) is 9.17. The number of aromatic hydroxyl groups is 9. The monoisotopic (exact) mass is 714 g/mol. The van der Waals surface area contributed by atoms with Crippen molar-refractivity contribution in [1.29, 1.82) is 0 Å². The van der Waals surface area contributed by atoms with Crippen LogP contribution in [0.4, 0.5) is 0 Å². The van der Waals surface area contributed by atoms with Crippen molar-refractivity contribution in [2.75, 3.05) is 7.11 Å². The summed E-state index contributed by atoms with van der Waals surface area (Å²) >= 11 is 0. The lowest BCUT2D eigenvalue weighted by Crippen LogP contribution is -2.34. The van der Waals surface area contributed by atoms with E-state index in [1.807, 2.05) is 0 Å². The van der Waals surface area contributed by atoms with E-state index in [-0.39, 0.29) is 69.4 Å². The van der Waals surface area contributed by atoms with Crippen LogP contribution in [-0.4, -0.2) is 71.2 Å². The zero-order chi connectivity index (χ0) is 37.2. The zero-order valence-corrected chi connectivity index (χ0v) is 27.0. The van der Waals surface area contributed by atoms with E-state index in [4.69, 9.17) is 18.9 Å². The van der Waals surface area contributed by atoms with E-state index in [9.17, 15) is 55.5 Å². The molecule has 2 aliphatic heterocycles. The van der Waals surface area contributed by atoms with Gasteiger partial charge < -0.3 is 64.9 Å². The molecule has 0 amide bonds. The number of rotatable bonds is 5. The quantitative estimate of drug-likeness (QED) is 0.0916. The van der Waals surface area contributed by atoms with Gasteiger partial charge in [0.1, 0.15) is 46.7 Å². The van der Waals surface area contributed by atoms with E-state index in [1.54, 1.807) is 0 Å². The molecular formula is C37H30O15. The van der Waals surface area contributed by atoms with E-state index in [0.29, 0.717) is 5.56 Å². The van der Waals surface area contributed by atoms with Crippen molar-refractivity contribution < 1.29 is 69.7 Å². The standard InChI is InChI=1S/C37H30O15/c1-49-30-12-20-23(41)7-17(39)10-29(20)51-36(30)19-11-27(45)34(47)32-18(19)4-15(6-26(44)33(32)46)37(48)52-31-13-21-24(42)8-16(38)9-28(21)50-35(31)14-2-3-22(40)25(43)5-14/h2-11,30-31,35-36,38-43,45,47H,12-13H2,1H3,(H,44,46)/t30-,31-,35-,36-/m1/s1. The number of carbonyl (C=O) groups excluding carboxylic acids is 1. The van der Waals surface area contributed by atoms with Gasteiger partial charge in [0.2, 0.25) is 5.43 Å². The highest BCUT2D eigenvalue weighted by atomic mass is 16.6. The molecule has 4 atom stereocenters. The molecular weight excluding hydrogens is 684 g/mol. The Labute approximate surface area is 292 Å². The maximum Gasteiger partial charge on any atom is 0.338 e. The van der Waals surface area contributed by atoms with Crippen LogP contribution in [0.2, 0.25) is 0 Å². The van der Waals surface area contributed by atoms with Crippen LogP contribution in [0.15, 0.2) is 65.5 Å². The summed E-state index contributed by atoms with van der Waals surface area (Å²) in [5.41, 5.74) is -0.839. The summed E-state index contributed by atoms with van der Waals surface area (Å²) in [6.07, 6.45) is -4.62. The molecule has 0 radical (unpaired) electrons. The number of hydrogen-bond donors (Lipinski definition) is 9. The first-order valence-electron chi connectivity index (χ1n) is 15.7. The molecule has 0 saturated carbocycles. The van der Waals surface area contributed by atoms with Crippen molar-refractivity contribution in [3.8, 4) is 63.2 Å². The van der Waals surface area contributed by atoms with E-state index < -0.39 is 75.5 Å². The maximum atomic E-state index is 14.0. The largest absolute Gasteiger partial charge is 0.508 e. The highest BCUT2D eigenvalue weighted by molar-refractivity contribution is 6.01. The number of phenolic OH excluding ortho intramolecular Hbond substituents is 8. The van der Waals surface area contributed by atoms with Crippen LogP contribution in [0, 0.1) is 0 Å². The number of benzene rings is 4. The summed E-state index contributed by atoms with van der Waals surface area (Å²) in [4.78, 5) is 27.3. The molecule has 0 aromatic heterocycles. The van der Waals surface area contributed by atoms with Crippen LogP contribution in [0.3, 0.4) is 0 Å². The number of carbonyl (C=O) groups is 1. The number of esters is 1. The smallest absolute Gasteiger partial charge is 0.338 e. The van der Waals surface area contributed by atoms with Crippen molar-refractivity contribution in [2.45, 2.75) is 37.3 Å². The van der Waals surface area contributed by atoms with Crippen LogP contribution in [0.5, 0.6) is 63.2 Å². The first-order chi connectivity index (χ1) is 24.7. The minimum Gasteiger partial charge on any atom is -0.508 e. The summed E-state index contributed by atoms with van der Waals surface area (Å²) in [6.45, 7) is 0. The molecule has 52 heavy (non-hydrogen) atoms. The van der Waals surface area contributed by atoms with Crippen molar-refractivity contribution in [1.82, 2.24) is 0 Å². The average molecular weight is 715 g/mol. The predicted octanol–water partition coefficient (Wildman–Crippen LogP) is 4.14. The molecule has 268 valence electrons. The van der Waals surface area contributed by atoms with Crippen molar-refractivity contribution >= 4 is 16.7 Å². The van der Waals surface area contributed by atoms with Gasteiger partial charge in [-0.15, -0.1) is 0 Å². The number of fused-ring (bicyclic) bond motifs is 3. The van der Waals surface area contributed by atoms with Crippen LogP contribution in [0.1, 0.15) is 44.8 Å². The Morgan fingerprint density at radius 3 is 1.88 bits per heavy atom. The lowest BCUT2D eigenvalue weighted by atomic mass is 9.90. The SMILES string of the molecule is CO[C@@H]1Cc2c(O)cc(O)cc2O[C@@H]1c1cc(O)c(O)c2c(O)c(=O)cc(C(=O)O[C@@H]3Cc4c(O)cc(O)cc4O[C@@H]3c3ccc(O)c(O)c3)cc12. The van der Waals surface area contributed by atoms with Crippen LogP contribution >= 0.6 is 0 Å². The molecule has 2 aliphatic rings. The van der Waals surface area contributed by atoms with Gasteiger partial charge in [0.25, 0.3) is 0 Å². The van der Waals surface area contributed by atoms with Gasteiger partial charge in [0.15, 0.2) is 41.0 Å². The second kappa shape index (κ2) is 12.5. The topological polar surface area (TPSA) is 253 Å². The van der Waals surface area contributed by atoms with Crippen molar-refractivity contribution in [2.24, 2.45) is 0 Å². The van der Waals surface area contributed by atoms with Gasteiger partial charge in [0.05, 0.1) is 10.9 Å². The Balaban J connectivity index is 1.35. The van der Waals surface area contributed by atoms with Crippen LogP contribution in [0.25, 0.3) is 10.8 Å². The van der Waals surface area contributed by atoms with Gasteiger partial charge in [0, 0.05) is 72.5 Å². The van der Waals surface area contributed by atoms with E-state index in [2.05, 4.69) is 0 Å². The van der Waals surface area contributed by atoms with E-state index >= 15 is 0 Å². The predicted molar refractivity (Wildman–Crippen MR) is 179 cm³/mol. The molecule has 0 saturated heterocycles. The molecule has 2 heterocycles. The molecule has 0 fully saturated rings. The lowest BCUT2D eigenvalue weighted by molar-refractivity contribution is -0.0188.